The number of rotatable bonds is 1. The van der Waals surface area contributed by atoms with Gasteiger partial charge in [-0.2, -0.15) is 0 Å². The van der Waals surface area contributed by atoms with Crippen molar-refractivity contribution < 1.29 is 15.0 Å². The van der Waals surface area contributed by atoms with Crippen molar-refractivity contribution in [1.82, 2.24) is 0 Å². The van der Waals surface area contributed by atoms with Crippen molar-refractivity contribution in [3.05, 3.63) is 29.3 Å². The average Bonchev–Trinajstić information content (AvgIpc) is 2.15. The Morgan fingerprint density at radius 2 is 2.23 bits per heavy atom. The Labute approximate surface area is 75.6 Å². The summed E-state index contributed by atoms with van der Waals surface area (Å²) in [5.41, 5.74) is 0.576. The van der Waals surface area contributed by atoms with E-state index in [1.165, 1.54) is 6.07 Å². The van der Waals surface area contributed by atoms with Gasteiger partial charge < -0.3 is 10.2 Å². The lowest BCUT2D eigenvalue weighted by atomic mass is 10.1. The van der Waals surface area contributed by atoms with Crippen LogP contribution >= 0.6 is 0 Å². The van der Waals surface area contributed by atoms with Gasteiger partial charge in [-0.05, 0) is 12.1 Å². The minimum absolute atomic E-state index is 0.0975. The molecule has 66 valence electrons. The molecule has 0 aliphatic rings. The van der Waals surface area contributed by atoms with Crippen molar-refractivity contribution >= 4 is 6.29 Å². The number of aliphatic hydroxyl groups is 1. The molecule has 0 unspecified atom stereocenters. The number of phenolic OH excluding ortho intramolecular Hbond substituents is 1. The van der Waals surface area contributed by atoms with Gasteiger partial charge in [-0.25, -0.2) is 0 Å². The first-order valence-electron chi connectivity index (χ1n) is 3.66. The van der Waals surface area contributed by atoms with E-state index in [1.54, 1.807) is 12.1 Å². The maximum absolute atomic E-state index is 10.5. The number of hydrogen-bond acceptors (Lipinski definition) is 3. The van der Waals surface area contributed by atoms with Crippen LogP contribution in [-0.2, 0) is 0 Å². The summed E-state index contributed by atoms with van der Waals surface area (Å²) in [5, 5.41) is 17.7. The quantitative estimate of drug-likeness (QED) is 0.485. The second kappa shape index (κ2) is 4.29. The van der Waals surface area contributed by atoms with Crippen LogP contribution in [-0.4, -0.2) is 23.1 Å². The van der Waals surface area contributed by atoms with Crippen LogP contribution in [0.3, 0.4) is 0 Å². The highest BCUT2D eigenvalue weighted by molar-refractivity contribution is 5.83. The van der Waals surface area contributed by atoms with Gasteiger partial charge in [0, 0.05) is 5.56 Å². The Bertz CT molecular complexity index is 371. The van der Waals surface area contributed by atoms with E-state index in [9.17, 15) is 9.90 Å². The zero-order chi connectivity index (χ0) is 9.68. The molecule has 0 spiro atoms. The van der Waals surface area contributed by atoms with Gasteiger partial charge in [0.1, 0.15) is 12.4 Å². The van der Waals surface area contributed by atoms with Crippen LogP contribution in [0.4, 0.5) is 0 Å². The van der Waals surface area contributed by atoms with Crippen LogP contribution in [0.5, 0.6) is 5.75 Å². The summed E-state index contributed by atoms with van der Waals surface area (Å²) in [5.74, 6) is 4.87. The number of aldehydes is 1. The van der Waals surface area contributed by atoms with Gasteiger partial charge in [0.15, 0.2) is 6.29 Å². The standard InChI is InChI=1S/C10H8O3/c11-6-2-4-8-3-1-5-10(13)9(8)7-12/h1,3,5,7,11,13H,6H2. The molecule has 0 saturated heterocycles. The van der Waals surface area contributed by atoms with Gasteiger partial charge in [-0.1, -0.05) is 17.9 Å². The summed E-state index contributed by atoms with van der Waals surface area (Å²) in [6.45, 7) is -0.270. The van der Waals surface area contributed by atoms with Crippen molar-refractivity contribution in [2.24, 2.45) is 0 Å². The molecule has 2 N–H and O–H groups in total. The summed E-state index contributed by atoms with van der Waals surface area (Å²) >= 11 is 0. The normalized spacial score (nSPS) is 8.69. The third-order valence-corrected chi connectivity index (χ3v) is 1.50. The fourth-order valence-corrected chi connectivity index (χ4v) is 0.921. The van der Waals surface area contributed by atoms with Crippen molar-refractivity contribution in [2.45, 2.75) is 0 Å². The molecule has 3 nitrogen and oxygen atoms in total. The zero-order valence-corrected chi connectivity index (χ0v) is 6.82. The smallest absolute Gasteiger partial charge is 0.155 e. The van der Waals surface area contributed by atoms with E-state index in [0.29, 0.717) is 11.8 Å². The Kier molecular flexibility index (Phi) is 3.07. The number of carbonyl (C=O) groups excluding carboxylic acids is 1. The zero-order valence-electron chi connectivity index (χ0n) is 6.82. The number of carbonyl (C=O) groups is 1. The molecule has 0 aromatic heterocycles. The van der Waals surface area contributed by atoms with Crippen LogP contribution in [0, 0.1) is 11.8 Å². The third-order valence-electron chi connectivity index (χ3n) is 1.50. The molecule has 13 heavy (non-hydrogen) atoms. The van der Waals surface area contributed by atoms with Crippen LogP contribution in [0.1, 0.15) is 15.9 Å². The molecule has 0 fully saturated rings. The number of aromatic hydroxyl groups is 1. The highest BCUT2D eigenvalue weighted by Crippen LogP contribution is 2.17. The Morgan fingerprint density at radius 1 is 1.46 bits per heavy atom. The molecule has 0 aliphatic heterocycles. The number of hydrogen-bond donors (Lipinski definition) is 2. The first-order valence-corrected chi connectivity index (χ1v) is 3.66. The van der Waals surface area contributed by atoms with Crippen molar-refractivity contribution in [3.63, 3.8) is 0 Å². The van der Waals surface area contributed by atoms with Crippen LogP contribution < -0.4 is 0 Å². The molecule has 0 bridgehead atoms. The first kappa shape index (κ1) is 9.30. The van der Waals surface area contributed by atoms with E-state index in [1.807, 2.05) is 0 Å². The SMILES string of the molecule is O=Cc1c(O)cccc1C#CCO. The third kappa shape index (κ3) is 2.08. The molecule has 3 heteroatoms. The summed E-state index contributed by atoms with van der Waals surface area (Å²) in [4.78, 5) is 10.5. The average molecular weight is 176 g/mol. The maximum atomic E-state index is 10.5. The molecule has 0 atom stereocenters. The predicted octanol–water partition coefficient (Wildman–Crippen LogP) is 0.548. The summed E-state index contributed by atoms with van der Waals surface area (Å²) < 4.78 is 0. The molecule has 1 rings (SSSR count). The molecule has 0 aliphatic carbocycles. The minimum Gasteiger partial charge on any atom is -0.507 e. The molecule has 0 amide bonds. The van der Waals surface area contributed by atoms with Crippen molar-refractivity contribution in [1.29, 1.82) is 0 Å². The molecule has 1 aromatic rings. The summed E-state index contributed by atoms with van der Waals surface area (Å²) in [6.07, 6.45) is 0.538. The Balaban J connectivity index is 3.20. The number of benzene rings is 1. The highest BCUT2D eigenvalue weighted by atomic mass is 16.3. The van der Waals surface area contributed by atoms with Crippen LogP contribution in [0.2, 0.25) is 0 Å². The first-order chi connectivity index (χ1) is 6.29. The van der Waals surface area contributed by atoms with Gasteiger partial charge in [-0.15, -0.1) is 0 Å². The molecule has 0 radical (unpaired) electrons. The molecule has 1 aromatic carbocycles. The lowest BCUT2D eigenvalue weighted by molar-refractivity contribution is 0.112. The van der Waals surface area contributed by atoms with Crippen molar-refractivity contribution in [3.8, 4) is 17.6 Å². The minimum atomic E-state index is -0.270. The summed E-state index contributed by atoms with van der Waals surface area (Å²) in [7, 11) is 0. The van der Waals surface area contributed by atoms with Gasteiger partial charge in [0.05, 0.1) is 5.56 Å². The van der Waals surface area contributed by atoms with Gasteiger partial charge in [-0.3, -0.25) is 4.79 Å². The fraction of sp³-hybridized carbons (Fsp3) is 0.100. The van der Waals surface area contributed by atoms with Crippen LogP contribution in [0.25, 0.3) is 0 Å². The van der Waals surface area contributed by atoms with E-state index in [4.69, 9.17) is 5.11 Å². The van der Waals surface area contributed by atoms with E-state index in [0.717, 1.165) is 0 Å². The predicted molar refractivity (Wildman–Crippen MR) is 47.5 cm³/mol. The second-order valence-electron chi connectivity index (χ2n) is 2.32. The van der Waals surface area contributed by atoms with Gasteiger partial charge in [0.2, 0.25) is 0 Å². The Hall–Kier alpha value is -1.79. The van der Waals surface area contributed by atoms with Crippen LogP contribution in [0.15, 0.2) is 18.2 Å². The molecular formula is C10H8O3. The van der Waals surface area contributed by atoms with Gasteiger partial charge in [0.25, 0.3) is 0 Å². The molecular weight excluding hydrogens is 168 g/mol. The van der Waals surface area contributed by atoms with E-state index in [2.05, 4.69) is 11.8 Å². The highest BCUT2D eigenvalue weighted by Gasteiger charge is 2.03. The van der Waals surface area contributed by atoms with E-state index in [-0.39, 0.29) is 17.9 Å². The fourth-order valence-electron chi connectivity index (χ4n) is 0.921. The lowest BCUT2D eigenvalue weighted by Crippen LogP contribution is -1.88. The topological polar surface area (TPSA) is 57.5 Å². The molecule has 0 heterocycles. The largest absolute Gasteiger partial charge is 0.507 e. The monoisotopic (exact) mass is 176 g/mol. The van der Waals surface area contributed by atoms with E-state index < -0.39 is 0 Å². The number of phenols is 1. The lowest BCUT2D eigenvalue weighted by Gasteiger charge is -1.98. The second-order valence-corrected chi connectivity index (χ2v) is 2.32. The molecule has 0 saturated carbocycles. The Morgan fingerprint density at radius 3 is 2.85 bits per heavy atom. The summed E-state index contributed by atoms with van der Waals surface area (Å²) in [6, 6.07) is 4.60. The van der Waals surface area contributed by atoms with Crippen molar-refractivity contribution in [2.75, 3.05) is 6.61 Å². The van der Waals surface area contributed by atoms with E-state index >= 15 is 0 Å². The maximum Gasteiger partial charge on any atom is 0.155 e. The number of aliphatic hydroxyl groups excluding tert-OH is 1. The van der Waals surface area contributed by atoms with Gasteiger partial charge >= 0.3 is 0 Å².